The van der Waals surface area contributed by atoms with E-state index in [1.807, 2.05) is 0 Å². The lowest BCUT2D eigenvalue weighted by molar-refractivity contribution is -0.139. The predicted molar refractivity (Wildman–Crippen MR) is 64.7 cm³/mol. The molecule has 1 aromatic rings. The molecule has 0 radical (unpaired) electrons. The van der Waals surface area contributed by atoms with Gasteiger partial charge in [0.1, 0.15) is 0 Å². The Kier molecular flexibility index (Phi) is 5.16. The van der Waals surface area contributed by atoms with Gasteiger partial charge in [-0.1, -0.05) is 12.1 Å². The van der Waals surface area contributed by atoms with E-state index >= 15 is 0 Å². The lowest BCUT2D eigenvalue weighted by Gasteiger charge is -2.05. The highest BCUT2D eigenvalue weighted by Crippen LogP contribution is 2.10. The summed E-state index contributed by atoms with van der Waals surface area (Å²) in [4.78, 5) is 22.3. The van der Waals surface area contributed by atoms with Crippen molar-refractivity contribution >= 4 is 17.6 Å². The Morgan fingerprint density at radius 3 is 2.41 bits per heavy atom. The van der Waals surface area contributed by atoms with Gasteiger partial charge in [-0.15, -0.1) is 0 Å². The lowest BCUT2D eigenvalue weighted by atomic mass is 10.1. The summed E-state index contributed by atoms with van der Waals surface area (Å²) in [5.41, 5.74) is 1.56. The first-order chi connectivity index (χ1) is 8.15. The summed E-state index contributed by atoms with van der Waals surface area (Å²) in [6.45, 7) is 0.268. The molecular weight excluding hydrogens is 220 g/mol. The lowest BCUT2D eigenvalue weighted by Crippen LogP contribution is -2.24. The molecule has 0 aromatic heterocycles. The van der Waals surface area contributed by atoms with Crippen LogP contribution in [0.3, 0.4) is 0 Å². The fraction of sp³-hybridized carbons (Fsp3) is 0.333. The highest BCUT2D eigenvalue weighted by molar-refractivity contribution is 5.92. The Morgan fingerprint density at radius 1 is 1.24 bits per heavy atom. The van der Waals surface area contributed by atoms with E-state index in [2.05, 4.69) is 15.4 Å². The van der Waals surface area contributed by atoms with Crippen LogP contribution in [0.15, 0.2) is 24.3 Å². The average Bonchev–Trinajstić information content (AvgIpc) is 2.32. The van der Waals surface area contributed by atoms with Crippen LogP contribution in [-0.2, 0) is 20.7 Å². The van der Waals surface area contributed by atoms with Crippen LogP contribution >= 0.6 is 0 Å². The van der Waals surface area contributed by atoms with E-state index in [0.29, 0.717) is 5.69 Å². The Balaban J connectivity index is 2.55. The number of amides is 1. The minimum Gasteiger partial charge on any atom is -0.469 e. The maximum Gasteiger partial charge on any atom is 0.309 e. The minimum atomic E-state index is -0.281. The molecule has 0 heterocycles. The smallest absolute Gasteiger partial charge is 0.309 e. The van der Waals surface area contributed by atoms with E-state index in [4.69, 9.17) is 0 Å². The first-order valence-corrected chi connectivity index (χ1v) is 5.26. The molecule has 0 atom stereocenters. The molecule has 5 nitrogen and oxygen atoms in total. The van der Waals surface area contributed by atoms with Gasteiger partial charge in [-0.2, -0.15) is 0 Å². The topological polar surface area (TPSA) is 67.4 Å². The molecule has 17 heavy (non-hydrogen) atoms. The highest BCUT2D eigenvalue weighted by Gasteiger charge is 2.04. The molecule has 1 amide bonds. The van der Waals surface area contributed by atoms with Crippen molar-refractivity contribution < 1.29 is 14.3 Å². The second kappa shape index (κ2) is 6.65. The third kappa shape index (κ3) is 4.65. The molecule has 0 aliphatic heterocycles. The molecule has 0 saturated carbocycles. The molecule has 0 aliphatic rings. The standard InChI is InChI=1S/C12H16N2O3/c1-13-8-11(15)14-10-5-3-9(4-6-10)7-12(16)17-2/h3-6,13H,7-8H2,1-2H3,(H,14,15). The van der Waals surface area contributed by atoms with Crippen LogP contribution in [-0.4, -0.2) is 32.6 Å². The van der Waals surface area contributed by atoms with Crippen molar-refractivity contribution in [2.24, 2.45) is 0 Å². The Labute approximate surface area is 100 Å². The molecule has 1 aromatic carbocycles. The van der Waals surface area contributed by atoms with Crippen LogP contribution in [0.1, 0.15) is 5.56 Å². The monoisotopic (exact) mass is 236 g/mol. The number of carbonyl (C=O) groups excluding carboxylic acids is 2. The van der Waals surface area contributed by atoms with Gasteiger partial charge in [0.2, 0.25) is 5.91 Å². The van der Waals surface area contributed by atoms with Gasteiger partial charge in [0.15, 0.2) is 0 Å². The van der Waals surface area contributed by atoms with E-state index in [1.165, 1.54) is 7.11 Å². The van der Waals surface area contributed by atoms with Crippen molar-refractivity contribution in [2.45, 2.75) is 6.42 Å². The number of likely N-dealkylation sites (N-methyl/N-ethyl adjacent to an activating group) is 1. The number of methoxy groups -OCH3 is 1. The minimum absolute atomic E-state index is 0.104. The van der Waals surface area contributed by atoms with Crippen LogP contribution < -0.4 is 10.6 Å². The van der Waals surface area contributed by atoms with Crippen molar-refractivity contribution in [2.75, 3.05) is 26.0 Å². The van der Waals surface area contributed by atoms with Gasteiger partial charge in [-0.3, -0.25) is 9.59 Å². The molecule has 0 unspecified atom stereocenters. The van der Waals surface area contributed by atoms with Crippen LogP contribution in [0.5, 0.6) is 0 Å². The molecule has 5 heteroatoms. The number of nitrogens with one attached hydrogen (secondary N) is 2. The van der Waals surface area contributed by atoms with Gasteiger partial charge in [0.05, 0.1) is 20.1 Å². The Hall–Kier alpha value is -1.88. The number of anilines is 1. The Bertz CT molecular complexity index is 387. The number of hydrogen-bond acceptors (Lipinski definition) is 4. The summed E-state index contributed by atoms with van der Waals surface area (Å²) < 4.78 is 4.56. The molecule has 0 spiro atoms. The van der Waals surface area contributed by atoms with Crippen LogP contribution in [0, 0.1) is 0 Å². The van der Waals surface area contributed by atoms with E-state index in [0.717, 1.165) is 5.56 Å². The van der Waals surface area contributed by atoms with E-state index in [9.17, 15) is 9.59 Å². The first-order valence-electron chi connectivity index (χ1n) is 5.26. The van der Waals surface area contributed by atoms with Gasteiger partial charge in [0, 0.05) is 5.69 Å². The van der Waals surface area contributed by atoms with Crippen molar-refractivity contribution in [3.8, 4) is 0 Å². The Morgan fingerprint density at radius 2 is 1.88 bits per heavy atom. The van der Waals surface area contributed by atoms with Crippen molar-refractivity contribution in [3.05, 3.63) is 29.8 Å². The number of benzene rings is 1. The number of hydrogen-bond donors (Lipinski definition) is 2. The number of rotatable bonds is 5. The zero-order valence-electron chi connectivity index (χ0n) is 9.95. The quantitative estimate of drug-likeness (QED) is 0.733. The molecule has 0 aliphatic carbocycles. The SMILES string of the molecule is CNCC(=O)Nc1ccc(CC(=O)OC)cc1. The molecular formula is C12H16N2O3. The largest absolute Gasteiger partial charge is 0.469 e. The molecule has 0 saturated heterocycles. The zero-order chi connectivity index (χ0) is 12.7. The van der Waals surface area contributed by atoms with Gasteiger partial charge >= 0.3 is 5.97 Å². The van der Waals surface area contributed by atoms with Crippen LogP contribution in [0.25, 0.3) is 0 Å². The summed E-state index contributed by atoms with van der Waals surface area (Å²) in [5.74, 6) is -0.384. The second-order valence-electron chi connectivity index (χ2n) is 3.53. The second-order valence-corrected chi connectivity index (χ2v) is 3.53. The van der Waals surface area contributed by atoms with Gasteiger partial charge in [-0.25, -0.2) is 0 Å². The van der Waals surface area contributed by atoms with E-state index < -0.39 is 0 Å². The average molecular weight is 236 g/mol. The third-order valence-electron chi connectivity index (χ3n) is 2.15. The summed E-state index contributed by atoms with van der Waals surface area (Å²) in [7, 11) is 3.06. The van der Waals surface area contributed by atoms with E-state index in [-0.39, 0.29) is 24.8 Å². The van der Waals surface area contributed by atoms with Gasteiger partial charge in [-0.05, 0) is 24.7 Å². The fourth-order valence-electron chi connectivity index (χ4n) is 1.31. The van der Waals surface area contributed by atoms with Crippen molar-refractivity contribution in [1.29, 1.82) is 0 Å². The summed E-state index contributed by atoms with van der Waals surface area (Å²) in [5, 5.41) is 5.48. The zero-order valence-corrected chi connectivity index (χ0v) is 9.95. The fourth-order valence-corrected chi connectivity index (χ4v) is 1.31. The molecule has 92 valence electrons. The maximum absolute atomic E-state index is 11.3. The van der Waals surface area contributed by atoms with Gasteiger partial charge in [0.25, 0.3) is 0 Å². The first kappa shape index (κ1) is 13.2. The number of ether oxygens (including phenoxy) is 1. The molecule has 2 N–H and O–H groups in total. The van der Waals surface area contributed by atoms with Crippen molar-refractivity contribution in [3.63, 3.8) is 0 Å². The molecule has 0 fully saturated rings. The normalized spacial score (nSPS) is 9.76. The summed E-state index contributed by atoms with van der Waals surface area (Å²) >= 11 is 0. The molecule has 1 rings (SSSR count). The van der Waals surface area contributed by atoms with E-state index in [1.54, 1.807) is 31.3 Å². The third-order valence-corrected chi connectivity index (χ3v) is 2.15. The van der Waals surface area contributed by atoms with Crippen molar-refractivity contribution in [1.82, 2.24) is 5.32 Å². The summed E-state index contributed by atoms with van der Waals surface area (Å²) in [6, 6.07) is 7.08. The maximum atomic E-state index is 11.3. The summed E-state index contributed by atoms with van der Waals surface area (Å²) in [6.07, 6.45) is 0.237. The molecule has 0 bridgehead atoms. The predicted octanol–water partition coefficient (Wildman–Crippen LogP) is 0.560. The van der Waals surface area contributed by atoms with Crippen LogP contribution in [0.4, 0.5) is 5.69 Å². The highest BCUT2D eigenvalue weighted by atomic mass is 16.5. The van der Waals surface area contributed by atoms with Gasteiger partial charge < -0.3 is 15.4 Å². The number of esters is 1. The van der Waals surface area contributed by atoms with Crippen LogP contribution in [0.2, 0.25) is 0 Å². The number of carbonyl (C=O) groups is 2.